The van der Waals surface area contributed by atoms with Crippen LogP contribution >= 0.6 is 0 Å². The van der Waals surface area contributed by atoms with Crippen LogP contribution in [0, 0.1) is 11.6 Å². The Morgan fingerprint density at radius 3 is 2.83 bits per heavy atom. The Labute approximate surface area is 140 Å². The van der Waals surface area contributed by atoms with Crippen LogP contribution in [0.1, 0.15) is 12.8 Å². The van der Waals surface area contributed by atoms with Crippen molar-refractivity contribution in [2.24, 2.45) is 4.99 Å². The highest BCUT2D eigenvalue weighted by Crippen LogP contribution is 2.17. The molecule has 1 aromatic carbocycles. The molecular weight excluding hydrogens is 316 g/mol. The maximum Gasteiger partial charge on any atom is 0.191 e. The van der Waals surface area contributed by atoms with Crippen LogP contribution in [0.2, 0.25) is 0 Å². The Morgan fingerprint density at radius 1 is 1.29 bits per heavy atom. The molecule has 1 heterocycles. The van der Waals surface area contributed by atoms with E-state index >= 15 is 0 Å². The summed E-state index contributed by atoms with van der Waals surface area (Å²) in [4.78, 5) is 4.12. The van der Waals surface area contributed by atoms with Gasteiger partial charge < -0.3 is 20.1 Å². The number of hydrogen-bond donors (Lipinski definition) is 2. The molecule has 0 amide bonds. The van der Waals surface area contributed by atoms with E-state index in [1.54, 1.807) is 7.05 Å². The normalized spacial score (nSPS) is 15.0. The number of halogens is 2. The van der Waals surface area contributed by atoms with Crippen molar-refractivity contribution in [3.8, 4) is 5.75 Å². The molecule has 0 unspecified atom stereocenters. The lowest BCUT2D eigenvalue weighted by Gasteiger charge is -2.15. The molecule has 7 heteroatoms. The SMILES string of the molecule is CN=C(NCCOc1ccc(F)cc1F)NCCC1=CCOCC1. The Balaban J connectivity index is 1.63. The molecule has 0 radical (unpaired) electrons. The summed E-state index contributed by atoms with van der Waals surface area (Å²) in [6.45, 7) is 2.95. The minimum Gasteiger partial charge on any atom is -0.489 e. The minimum absolute atomic E-state index is 0.0348. The third-order valence-corrected chi connectivity index (χ3v) is 3.57. The minimum atomic E-state index is -0.706. The van der Waals surface area contributed by atoms with E-state index < -0.39 is 11.6 Å². The molecule has 1 aliphatic rings. The maximum atomic E-state index is 13.4. The fraction of sp³-hybridized carbons (Fsp3) is 0.471. The van der Waals surface area contributed by atoms with Gasteiger partial charge in [0.05, 0.1) is 19.8 Å². The molecule has 0 fully saturated rings. The third-order valence-electron chi connectivity index (χ3n) is 3.57. The van der Waals surface area contributed by atoms with E-state index in [-0.39, 0.29) is 12.4 Å². The van der Waals surface area contributed by atoms with Gasteiger partial charge in [0.2, 0.25) is 0 Å². The number of aliphatic imine (C=N–C) groups is 1. The Hall–Kier alpha value is -2.15. The van der Waals surface area contributed by atoms with Crippen molar-refractivity contribution < 1.29 is 18.3 Å². The van der Waals surface area contributed by atoms with Crippen molar-refractivity contribution in [3.63, 3.8) is 0 Å². The number of guanidine groups is 1. The summed E-state index contributed by atoms with van der Waals surface area (Å²) in [6, 6.07) is 3.24. The van der Waals surface area contributed by atoms with Gasteiger partial charge in [0, 0.05) is 19.7 Å². The number of benzene rings is 1. The van der Waals surface area contributed by atoms with Crippen LogP contribution in [-0.4, -0.2) is 45.9 Å². The van der Waals surface area contributed by atoms with Crippen LogP contribution in [0.4, 0.5) is 8.78 Å². The van der Waals surface area contributed by atoms with Crippen molar-refractivity contribution in [3.05, 3.63) is 41.5 Å². The Morgan fingerprint density at radius 2 is 2.12 bits per heavy atom. The number of hydrogen-bond acceptors (Lipinski definition) is 3. The molecule has 1 aromatic rings. The van der Waals surface area contributed by atoms with Crippen LogP contribution in [-0.2, 0) is 4.74 Å². The fourth-order valence-corrected chi connectivity index (χ4v) is 2.28. The number of rotatable bonds is 7. The molecule has 5 nitrogen and oxygen atoms in total. The molecular formula is C17H23F2N3O2. The van der Waals surface area contributed by atoms with Gasteiger partial charge in [0.1, 0.15) is 12.4 Å². The zero-order chi connectivity index (χ0) is 17.2. The van der Waals surface area contributed by atoms with Gasteiger partial charge in [-0.3, -0.25) is 4.99 Å². The van der Waals surface area contributed by atoms with Crippen LogP contribution in [0.25, 0.3) is 0 Å². The van der Waals surface area contributed by atoms with Gasteiger partial charge in [-0.25, -0.2) is 8.78 Å². The summed E-state index contributed by atoms with van der Waals surface area (Å²) in [5, 5.41) is 6.29. The van der Waals surface area contributed by atoms with Crippen molar-refractivity contribution in [2.45, 2.75) is 12.8 Å². The summed E-state index contributed by atoms with van der Waals surface area (Å²) in [6.07, 6.45) is 4.04. The molecule has 0 atom stereocenters. The van der Waals surface area contributed by atoms with Gasteiger partial charge in [0.15, 0.2) is 17.5 Å². The highest BCUT2D eigenvalue weighted by atomic mass is 19.1. The van der Waals surface area contributed by atoms with Crippen molar-refractivity contribution in [2.75, 3.05) is 40.0 Å². The number of nitrogens with zero attached hydrogens (tertiary/aromatic N) is 1. The van der Waals surface area contributed by atoms with Gasteiger partial charge in [-0.1, -0.05) is 11.6 Å². The molecule has 132 valence electrons. The molecule has 1 aliphatic heterocycles. The van der Waals surface area contributed by atoms with E-state index in [1.807, 2.05) is 0 Å². The monoisotopic (exact) mass is 339 g/mol. The van der Waals surface area contributed by atoms with Gasteiger partial charge in [-0.05, 0) is 25.0 Å². The standard InChI is InChI=1S/C17H23F2N3O2/c1-20-17(21-7-4-13-5-9-23-10-6-13)22-8-11-24-16-3-2-14(18)12-15(16)19/h2-3,5,12H,4,6-11H2,1H3,(H2,20,21,22). The van der Waals surface area contributed by atoms with E-state index in [1.165, 1.54) is 11.6 Å². The first-order chi connectivity index (χ1) is 11.7. The zero-order valence-corrected chi connectivity index (χ0v) is 13.8. The number of nitrogens with one attached hydrogen (secondary N) is 2. The molecule has 2 rings (SSSR count). The van der Waals surface area contributed by atoms with Crippen LogP contribution in [0.5, 0.6) is 5.75 Å². The maximum absolute atomic E-state index is 13.4. The van der Waals surface area contributed by atoms with Gasteiger partial charge >= 0.3 is 0 Å². The second-order valence-electron chi connectivity index (χ2n) is 5.29. The predicted molar refractivity (Wildman–Crippen MR) is 89.4 cm³/mol. The molecule has 0 aliphatic carbocycles. The van der Waals surface area contributed by atoms with Crippen LogP contribution < -0.4 is 15.4 Å². The topological polar surface area (TPSA) is 54.9 Å². The molecule has 0 saturated carbocycles. The van der Waals surface area contributed by atoms with E-state index in [0.29, 0.717) is 19.1 Å². The second kappa shape index (κ2) is 9.87. The van der Waals surface area contributed by atoms with Gasteiger partial charge in [-0.15, -0.1) is 0 Å². The highest BCUT2D eigenvalue weighted by Gasteiger charge is 2.06. The molecule has 0 bridgehead atoms. The van der Waals surface area contributed by atoms with E-state index in [2.05, 4.69) is 21.7 Å². The molecule has 2 N–H and O–H groups in total. The molecule has 0 aromatic heterocycles. The first-order valence-electron chi connectivity index (χ1n) is 7.97. The molecule has 0 spiro atoms. The highest BCUT2D eigenvalue weighted by molar-refractivity contribution is 5.79. The summed E-state index contributed by atoms with van der Waals surface area (Å²) in [7, 11) is 1.68. The summed E-state index contributed by atoms with van der Waals surface area (Å²) >= 11 is 0. The molecule has 24 heavy (non-hydrogen) atoms. The van der Waals surface area contributed by atoms with Crippen LogP contribution in [0.3, 0.4) is 0 Å². The summed E-state index contributed by atoms with van der Waals surface area (Å²) < 4.78 is 36.8. The largest absolute Gasteiger partial charge is 0.489 e. The Bertz CT molecular complexity index is 591. The zero-order valence-electron chi connectivity index (χ0n) is 13.8. The van der Waals surface area contributed by atoms with Crippen molar-refractivity contribution in [1.82, 2.24) is 10.6 Å². The van der Waals surface area contributed by atoms with Crippen molar-refractivity contribution >= 4 is 5.96 Å². The van der Waals surface area contributed by atoms with Gasteiger partial charge in [-0.2, -0.15) is 0 Å². The van der Waals surface area contributed by atoms with E-state index in [9.17, 15) is 8.78 Å². The van der Waals surface area contributed by atoms with Crippen molar-refractivity contribution in [1.29, 1.82) is 0 Å². The first kappa shape index (κ1) is 18.2. The molecule has 0 saturated heterocycles. The third kappa shape index (κ3) is 6.16. The first-order valence-corrected chi connectivity index (χ1v) is 7.97. The smallest absolute Gasteiger partial charge is 0.191 e. The lowest BCUT2D eigenvalue weighted by atomic mass is 10.1. The summed E-state index contributed by atoms with van der Waals surface area (Å²) in [5.41, 5.74) is 1.39. The fourth-order valence-electron chi connectivity index (χ4n) is 2.28. The average molecular weight is 339 g/mol. The average Bonchev–Trinajstić information content (AvgIpc) is 2.59. The predicted octanol–water partition coefficient (Wildman–Crippen LogP) is 2.25. The van der Waals surface area contributed by atoms with Crippen LogP contribution in [0.15, 0.2) is 34.8 Å². The summed E-state index contributed by atoms with van der Waals surface area (Å²) in [5.74, 6) is -0.636. The number of ether oxygens (including phenoxy) is 2. The lowest BCUT2D eigenvalue weighted by Crippen LogP contribution is -2.39. The lowest BCUT2D eigenvalue weighted by molar-refractivity contribution is 0.153. The second-order valence-corrected chi connectivity index (χ2v) is 5.29. The van der Waals surface area contributed by atoms with E-state index in [0.717, 1.165) is 38.1 Å². The quantitative estimate of drug-likeness (QED) is 0.346. The Kier molecular flexibility index (Phi) is 7.48. The van der Waals surface area contributed by atoms with E-state index in [4.69, 9.17) is 9.47 Å². The van der Waals surface area contributed by atoms with Gasteiger partial charge in [0.25, 0.3) is 0 Å².